The van der Waals surface area contributed by atoms with Crippen LogP contribution in [0, 0.1) is 13.8 Å². The van der Waals surface area contributed by atoms with E-state index in [0.717, 1.165) is 27.7 Å². The molecule has 1 aromatic heterocycles. The monoisotopic (exact) mass is 398 g/mol. The number of aryl methyl sites for hydroxylation is 2. The van der Waals surface area contributed by atoms with Gasteiger partial charge in [-0.05, 0) is 54.8 Å². The third kappa shape index (κ3) is 3.51. The summed E-state index contributed by atoms with van der Waals surface area (Å²) in [6.45, 7) is 4.42. The number of carbonyl (C=O) groups is 1. The fourth-order valence-electron chi connectivity index (χ4n) is 3.66. The molecule has 1 saturated heterocycles. The van der Waals surface area contributed by atoms with E-state index in [1.165, 1.54) is 0 Å². The van der Waals surface area contributed by atoms with E-state index >= 15 is 0 Å². The van der Waals surface area contributed by atoms with Crippen molar-refractivity contribution in [3.63, 3.8) is 0 Å². The maximum Gasteiger partial charge on any atom is 0.198 e. The van der Waals surface area contributed by atoms with Crippen LogP contribution in [0.4, 0.5) is 0 Å². The average Bonchev–Trinajstić information content (AvgIpc) is 3.45. The van der Waals surface area contributed by atoms with Crippen molar-refractivity contribution in [2.75, 3.05) is 0 Å². The smallest absolute Gasteiger partial charge is 0.198 e. The number of Topliss-reactive ketones (excluding diaryl/α,β-unsaturated/α-hetero) is 1. The van der Waals surface area contributed by atoms with Gasteiger partial charge in [0.1, 0.15) is 29.8 Å². The van der Waals surface area contributed by atoms with Crippen LogP contribution in [-0.4, -0.2) is 11.9 Å². The van der Waals surface area contributed by atoms with Crippen molar-refractivity contribution in [3.05, 3.63) is 101 Å². The number of epoxide rings is 1. The van der Waals surface area contributed by atoms with Gasteiger partial charge in [0.2, 0.25) is 0 Å². The minimum Gasteiger partial charge on any atom is -0.488 e. The van der Waals surface area contributed by atoms with Gasteiger partial charge in [0, 0.05) is 5.39 Å². The number of hydrogen-bond donors (Lipinski definition) is 0. The van der Waals surface area contributed by atoms with E-state index in [2.05, 4.69) is 0 Å². The van der Waals surface area contributed by atoms with Crippen LogP contribution in [0.5, 0.6) is 5.75 Å². The fourth-order valence-corrected chi connectivity index (χ4v) is 3.66. The zero-order valence-electron chi connectivity index (χ0n) is 16.9. The van der Waals surface area contributed by atoms with E-state index in [-0.39, 0.29) is 11.9 Å². The van der Waals surface area contributed by atoms with Crippen molar-refractivity contribution in [1.29, 1.82) is 0 Å². The predicted octanol–water partition coefficient (Wildman–Crippen LogP) is 5.95. The molecule has 30 heavy (non-hydrogen) atoms. The summed E-state index contributed by atoms with van der Waals surface area (Å²) in [5, 5.41) is 1.01. The van der Waals surface area contributed by atoms with Crippen molar-refractivity contribution < 1.29 is 18.7 Å². The predicted molar refractivity (Wildman–Crippen MR) is 115 cm³/mol. The Morgan fingerprint density at radius 3 is 2.47 bits per heavy atom. The Morgan fingerprint density at radius 2 is 1.67 bits per heavy atom. The van der Waals surface area contributed by atoms with Gasteiger partial charge in [0.05, 0.1) is 5.56 Å². The van der Waals surface area contributed by atoms with E-state index in [1.807, 2.05) is 86.6 Å². The fraction of sp³-hybridized carbons (Fsp3) is 0.192. The summed E-state index contributed by atoms with van der Waals surface area (Å²) >= 11 is 0. The molecule has 0 amide bonds. The minimum atomic E-state index is -0.549. The Kier molecular flexibility index (Phi) is 4.64. The number of fused-ring (bicyclic) bond motifs is 1. The van der Waals surface area contributed by atoms with Crippen LogP contribution < -0.4 is 4.74 Å². The largest absolute Gasteiger partial charge is 0.488 e. The highest BCUT2D eigenvalue weighted by atomic mass is 16.6. The molecular formula is C26H22O4. The number of para-hydroxylation sites is 1. The second kappa shape index (κ2) is 7.47. The van der Waals surface area contributed by atoms with E-state index in [0.29, 0.717) is 23.7 Å². The zero-order valence-corrected chi connectivity index (χ0v) is 16.9. The van der Waals surface area contributed by atoms with Gasteiger partial charge < -0.3 is 13.9 Å². The minimum absolute atomic E-state index is 0.0772. The molecule has 4 nitrogen and oxygen atoms in total. The summed E-state index contributed by atoms with van der Waals surface area (Å²) in [6, 6.07) is 23.5. The molecule has 0 radical (unpaired) electrons. The first kappa shape index (κ1) is 18.6. The second-order valence-corrected chi connectivity index (χ2v) is 7.74. The first-order valence-electron chi connectivity index (χ1n) is 10.1. The van der Waals surface area contributed by atoms with Crippen LogP contribution in [0.2, 0.25) is 0 Å². The number of hydrogen-bond acceptors (Lipinski definition) is 4. The molecule has 4 aromatic rings. The molecule has 0 spiro atoms. The van der Waals surface area contributed by atoms with Crippen molar-refractivity contribution in [2.24, 2.45) is 0 Å². The molecule has 1 aliphatic rings. The lowest BCUT2D eigenvalue weighted by Crippen LogP contribution is -2.11. The lowest BCUT2D eigenvalue weighted by molar-refractivity contribution is 0.0949. The van der Waals surface area contributed by atoms with Gasteiger partial charge in [-0.25, -0.2) is 0 Å². The lowest BCUT2D eigenvalue weighted by Gasteiger charge is -2.13. The quantitative estimate of drug-likeness (QED) is 0.297. The highest BCUT2D eigenvalue weighted by molar-refractivity contribution is 6.04. The van der Waals surface area contributed by atoms with Gasteiger partial charge >= 0.3 is 0 Å². The van der Waals surface area contributed by atoms with Gasteiger partial charge in [-0.15, -0.1) is 0 Å². The molecule has 0 unspecified atom stereocenters. The van der Waals surface area contributed by atoms with Crippen LogP contribution in [0.15, 0.2) is 77.2 Å². The van der Waals surface area contributed by atoms with Crippen LogP contribution in [0.1, 0.15) is 38.9 Å². The number of ketones is 1. The number of carbonyl (C=O) groups excluding carboxylic acids is 1. The molecule has 1 aliphatic heterocycles. The highest BCUT2D eigenvalue weighted by Crippen LogP contribution is 2.44. The van der Waals surface area contributed by atoms with Gasteiger partial charge in [-0.1, -0.05) is 48.5 Å². The summed E-state index contributed by atoms with van der Waals surface area (Å²) in [6.07, 6.45) is -0.903. The Hall–Kier alpha value is -3.37. The Morgan fingerprint density at radius 1 is 0.933 bits per heavy atom. The van der Waals surface area contributed by atoms with Gasteiger partial charge in [-0.3, -0.25) is 4.79 Å². The van der Waals surface area contributed by atoms with Gasteiger partial charge in [0.25, 0.3) is 0 Å². The van der Waals surface area contributed by atoms with Crippen molar-refractivity contribution in [2.45, 2.75) is 32.7 Å². The average molecular weight is 398 g/mol. The van der Waals surface area contributed by atoms with Crippen LogP contribution in [0.3, 0.4) is 0 Å². The molecule has 0 bridgehead atoms. The summed E-state index contributed by atoms with van der Waals surface area (Å²) in [5.41, 5.74) is 4.54. The van der Waals surface area contributed by atoms with Crippen molar-refractivity contribution in [3.8, 4) is 5.75 Å². The summed E-state index contributed by atoms with van der Waals surface area (Å²) in [4.78, 5) is 13.3. The Bertz CT molecular complexity index is 1190. The number of ether oxygens (including phenoxy) is 2. The molecule has 3 aromatic carbocycles. The molecular weight excluding hydrogens is 376 g/mol. The normalized spacial score (nSPS) is 17.8. The van der Waals surface area contributed by atoms with Gasteiger partial charge in [-0.2, -0.15) is 0 Å². The third-order valence-electron chi connectivity index (χ3n) is 5.57. The topological polar surface area (TPSA) is 52.0 Å². The van der Waals surface area contributed by atoms with Crippen LogP contribution in [0.25, 0.3) is 11.0 Å². The first-order valence-corrected chi connectivity index (χ1v) is 10.1. The van der Waals surface area contributed by atoms with Crippen molar-refractivity contribution in [1.82, 2.24) is 0 Å². The number of benzene rings is 3. The Balaban J connectivity index is 1.39. The molecule has 0 N–H and O–H groups in total. The standard InChI is InChI=1S/C26H22O4/c1-16-12-20(22(13-17(16)2)28-15-18-8-4-3-5-9-18)24(27)26-25(30-26)23-14-19-10-6-7-11-21(19)29-23/h3-14,25-26H,15H2,1-2H3/t25-,26+/m1/s1. The summed E-state index contributed by atoms with van der Waals surface area (Å²) < 4.78 is 17.7. The van der Waals surface area contributed by atoms with Crippen molar-refractivity contribution >= 4 is 16.8 Å². The molecule has 0 saturated carbocycles. The molecule has 0 aliphatic carbocycles. The zero-order chi connectivity index (χ0) is 20.7. The maximum atomic E-state index is 13.3. The van der Waals surface area contributed by atoms with E-state index in [9.17, 15) is 4.79 Å². The SMILES string of the molecule is Cc1cc(OCc2ccccc2)c(C(=O)[C@@H]2O[C@@H]2c2cc3ccccc3o2)cc1C. The molecule has 1 fully saturated rings. The molecule has 4 heteroatoms. The summed E-state index contributed by atoms with van der Waals surface area (Å²) in [7, 11) is 0. The van der Waals surface area contributed by atoms with E-state index < -0.39 is 6.10 Å². The van der Waals surface area contributed by atoms with E-state index in [4.69, 9.17) is 13.9 Å². The highest BCUT2D eigenvalue weighted by Gasteiger charge is 2.49. The van der Waals surface area contributed by atoms with Crippen LogP contribution in [-0.2, 0) is 11.3 Å². The maximum absolute atomic E-state index is 13.3. The summed E-state index contributed by atoms with van der Waals surface area (Å²) in [5.74, 6) is 1.20. The Labute approximate surface area is 175 Å². The molecule has 150 valence electrons. The van der Waals surface area contributed by atoms with E-state index in [1.54, 1.807) is 0 Å². The second-order valence-electron chi connectivity index (χ2n) is 7.74. The van der Waals surface area contributed by atoms with Crippen LogP contribution >= 0.6 is 0 Å². The van der Waals surface area contributed by atoms with Gasteiger partial charge in [0.15, 0.2) is 11.9 Å². The lowest BCUT2D eigenvalue weighted by atomic mass is 9.99. The molecule has 2 atom stereocenters. The number of rotatable bonds is 6. The molecule has 2 heterocycles. The third-order valence-corrected chi connectivity index (χ3v) is 5.57. The molecule has 5 rings (SSSR count). The number of furan rings is 1. The first-order chi connectivity index (χ1) is 14.6.